The van der Waals surface area contributed by atoms with Gasteiger partial charge in [0.15, 0.2) is 0 Å². The van der Waals surface area contributed by atoms with E-state index >= 15 is 0 Å². The third-order valence-electron chi connectivity index (χ3n) is 1.73. The van der Waals surface area contributed by atoms with Crippen LogP contribution < -0.4 is 5.73 Å². The van der Waals surface area contributed by atoms with E-state index in [0.29, 0.717) is 5.82 Å². The van der Waals surface area contributed by atoms with Crippen molar-refractivity contribution in [1.82, 2.24) is 10.2 Å². The first-order valence-corrected chi connectivity index (χ1v) is 4.43. The SMILES string of the molecule is Nc1n[nH]c2c1CCSC2. The zero-order valence-electron chi connectivity index (χ0n) is 5.55. The second kappa shape index (κ2) is 2.20. The Bertz CT molecular complexity index is 243. The smallest absolute Gasteiger partial charge is 0.148 e. The number of hydrogen-bond donors (Lipinski definition) is 2. The summed E-state index contributed by atoms with van der Waals surface area (Å²) in [4.78, 5) is 0. The van der Waals surface area contributed by atoms with Gasteiger partial charge >= 0.3 is 0 Å². The minimum Gasteiger partial charge on any atom is -0.382 e. The van der Waals surface area contributed by atoms with Crippen molar-refractivity contribution < 1.29 is 0 Å². The molecule has 3 nitrogen and oxygen atoms in total. The molecule has 0 spiro atoms. The van der Waals surface area contributed by atoms with Crippen LogP contribution in [0.1, 0.15) is 11.3 Å². The van der Waals surface area contributed by atoms with Gasteiger partial charge < -0.3 is 5.73 Å². The molecule has 4 heteroatoms. The van der Waals surface area contributed by atoms with Crippen molar-refractivity contribution in [3.05, 3.63) is 11.3 Å². The van der Waals surface area contributed by atoms with Crippen molar-refractivity contribution in [2.45, 2.75) is 12.2 Å². The Balaban J connectivity index is 2.45. The van der Waals surface area contributed by atoms with Crippen molar-refractivity contribution in [2.75, 3.05) is 11.5 Å². The van der Waals surface area contributed by atoms with Crippen LogP contribution in [0.5, 0.6) is 0 Å². The molecule has 0 saturated carbocycles. The van der Waals surface area contributed by atoms with Gasteiger partial charge in [-0.3, -0.25) is 5.10 Å². The predicted octanol–water partition coefficient (Wildman–Crippen LogP) is 0.781. The fourth-order valence-electron chi connectivity index (χ4n) is 1.16. The van der Waals surface area contributed by atoms with Crippen LogP contribution in [0.3, 0.4) is 0 Å². The van der Waals surface area contributed by atoms with E-state index in [1.165, 1.54) is 17.0 Å². The lowest BCUT2D eigenvalue weighted by Gasteiger charge is -2.08. The minimum atomic E-state index is 0.690. The molecule has 10 heavy (non-hydrogen) atoms. The quantitative estimate of drug-likeness (QED) is 0.582. The third kappa shape index (κ3) is 0.794. The average Bonchev–Trinajstić information content (AvgIpc) is 2.34. The number of nitrogens with one attached hydrogen (secondary N) is 1. The van der Waals surface area contributed by atoms with Gasteiger partial charge in [0.1, 0.15) is 5.82 Å². The van der Waals surface area contributed by atoms with Crippen molar-refractivity contribution in [2.24, 2.45) is 0 Å². The lowest BCUT2D eigenvalue weighted by Crippen LogP contribution is -2.02. The summed E-state index contributed by atoms with van der Waals surface area (Å²) in [5.41, 5.74) is 8.06. The van der Waals surface area contributed by atoms with Crippen molar-refractivity contribution >= 4 is 17.6 Å². The Hall–Kier alpha value is -0.640. The number of aromatic nitrogens is 2. The van der Waals surface area contributed by atoms with Crippen LogP contribution in [0, 0.1) is 0 Å². The fourth-order valence-corrected chi connectivity index (χ4v) is 2.10. The zero-order chi connectivity index (χ0) is 6.97. The van der Waals surface area contributed by atoms with E-state index in [9.17, 15) is 0 Å². The topological polar surface area (TPSA) is 54.7 Å². The summed E-state index contributed by atoms with van der Waals surface area (Å²) >= 11 is 1.92. The number of nitrogen functional groups attached to an aromatic ring is 1. The third-order valence-corrected chi connectivity index (χ3v) is 2.71. The van der Waals surface area contributed by atoms with Gasteiger partial charge in [-0.25, -0.2) is 0 Å². The Kier molecular flexibility index (Phi) is 1.34. The first kappa shape index (κ1) is 6.09. The standard InChI is InChI=1S/C6H9N3S/c7-6-4-1-2-10-3-5(4)8-9-6/h1-3H2,(H3,7,8,9). The number of thioether (sulfide) groups is 1. The molecule has 0 unspecified atom stereocenters. The molecule has 3 N–H and O–H groups in total. The highest BCUT2D eigenvalue weighted by molar-refractivity contribution is 7.98. The second-order valence-corrected chi connectivity index (χ2v) is 3.47. The van der Waals surface area contributed by atoms with Crippen molar-refractivity contribution in [3.63, 3.8) is 0 Å². The lowest BCUT2D eigenvalue weighted by atomic mass is 10.2. The maximum absolute atomic E-state index is 5.61. The van der Waals surface area contributed by atoms with Gasteiger partial charge in [0.05, 0.1) is 5.69 Å². The highest BCUT2D eigenvalue weighted by Crippen LogP contribution is 2.25. The molecule has 0 amide bonds. The normalized spacial score (nSPS) is 16.8. The van der Waals surface area contributed by atoms with E-state index < -0.39 is 0 Å². The minimum absolute atomic E-state index is 0.690. The maximum Gasteiger partial charge on any atom is 0.148 e. The number of hydrogen-bond acceptors (Lipinski definition) is 3. The number of anilines is 1. The Morgan fingerprint density at radius 3 is 3.30 bits per heavy atom. The molecule has 0 aromatic carbocycles. The molecule has 0 radical (unpaired) electrons. The zero-order valence-corrected chi connectivity index (χ0v) is 6.37. The number of rotatable bonds is 0. The number of nitrogens with zero attached hydrogens (tertiary/aromatic N) is 1. The molecule has 1 aromatic heterocycles. The fraction of sp³-hybridized carbons (Fsp3) is 0.500. The molecule has 0 bridgehead atoms. The van der Waals surface area contributed by atoms with Gasteiger partial charge in [-0.2, -0.15) is 16.9 Å². The Morgan fingerprint density at radius 2 is 2.50 bits per heavy atom. The molecule has 2 rings (SSSR count). The first-order valence-electron chi connectivity index (χ1n) is 3.27. The van der Waals surface area contributed by atoms with Crippen molar-refractivity contribution in [3.8, 4) is 0 Å². The van der Waals surface area contributed by atoms with Crippen LogP contribution >= 0.6 is 11.8 Å². The summed E-state index contributed by atoms with van der Waals surface area (Å²) in [5, 5.41) is 6.87. The van der Waals surface area contributed by atoms with E-state index in [1.807, 2.05) is 11.8 Å². The predicted molar refractivity (Wildman–Crippen MR) is 42.9 cm³/mol. The number of fused-ring (bicyclic) bond motifs is 1. The first-order chi connectivity index (χ1) is 4.88. The monoisotopic (exact) mass is 155 g/mol. The molecule has 1 aromatic rings. The van der Waals surface area contributed by atoms with E-state index in [2.05, 4.69) is 10.2 Å². The summed E-state index contributed by atoms with van der Waals surface area (Å²) in [6, 6.07) is 0. The highest BCUT2D eigenvalue weighted by Gasteiger charge is 2.14. The summed E-state index contributed by atoms with van der Waals surface area (Å²) in [6.45, 7) is 0. The Labute approximate surface area is 63.4 Å². The molecule has 0 fully saturated rings. The van der Waals surface area contributed by atoms with E-state index in [-0.39, 0.29) is 0 Å². The van der Waals surface area contributed by atoms with Crippen molar-refractivity contribution in [1.29, 1.82) is 0 Å². The van der Waals surface area contributed by atoms with Crippen LogP contribution in [0.2, 0.25) is 0 Å². The number of aromatic amines is 1. The average molecular weight is 155 g/mol. The molecule has 0 atom stereocenters. The summed E-state index contributed by atoms with van der Waals surface area (Å²) in [5.74, 6) is 2.91. The molecular formula is C6H9N3S. The molecule has 2 heterocycles. The molecular weight excluding hydrogens is 146 g/mol. The van der Waals surface area contributed by atoms with Crippen LogP contribution in [0.4, 0.5) is 5.82 Å². The van der Waals surface area contributed by atoms with Crippen LogP contribution in [-0.2, 0) is 12.2 Å². The van der Waals surface area contributed by atoms with Gasteiger partial charge in [0.25, 0.3) is 0 Å². The summed E-state index contributed by atoms with van der Waals surface area (Å²) < 4.78 is 0. The van der Waals surface area contributed by atoms with E-state index in [0.717, 1.165) is 12.2 Å². The highest BCUT2D eigenvalue weighted by atomic mass is 32.2. The number of H-pyrrole nitrogens is 1. The second-order valence-electron chi connectivity index (χ2n) is 2.37. The van der Waals surface area contributed by atoms with E-state index in [1.54, 1.807) is 0 Å². The molecule has 0 aliphatic carbocycles. The van der Waals surface area contributed by atoms with Crippen LogP contribution in [0.25, 0.3) is 0 Å². The molecule has 1 aliphatic heterocycles. The van der Waals surface area contributed by atoms with Gasteiger partial charge in [-0.05, 0) is 12.2 Å². The largest absolute Gasteiger partial charge is 0.382 e. The van der Waals surface area contributed by atoms with Gasteiger partial charge in [0, 0.05) is 11.3 Å². The maximum atomic E-state index is 5.61. The van der Waals surface area contributed by atoms with Gasteiger partial charge in [-0.15, -0.1) is 0 Å². The summed E-state index contributed by atoms with van der Waals surface area (Å²) in [7, 11) is 0. The van der Waals surface area contributed by atoms with E-state index in [4.69, 9.17) is 5.73 Å². The van der Waals surface area contributed by atoms with Crippen LogP contribution in [-0.4, -0.2) is 16.0 Å². The number of nitrogens with two attached hydrogens (primary N) is 1. The lowest BCUT2D eigenvalue weighted by molar-refractivity contribution is 1.02. The molecule has 0 saturated heterocycles. The Morgan fingerprint density at radius 1 is 1.60 bits per heavy atom. The van der Waals surface area contributed by atoms with Gasteiger partial charge in [-0.1, -0.05) is 0 Å². The summed E-state index contributed by atoms with van der Waals surface area (Å²) in [6.07, 6.45) is 1.07. The van der Waals surface area contributed by atoms with Crippen LogP contribution in [0.15, 0.2) is 0 Å². The van der Waals surface area contributed by atoms with Gasteiger partial charge in [0.2, 0.25) is 0 Å². The molecule has 1 aliphatic rings. The molecule has 54 valence electrons.